The first-order chi connectivity index (χ1) is 14.9. The average molecular weight is 399 g/mol. The van der Waals surface area contributed by atoms with Crippen LogP contribution < -0.4 is 9.47 Å². The van der Waals surface area contributed by atoms with Crippen LogP contribution in [0.25, 0.3) is 21.5 Å². The maximum Gasteiger partial charge on any atom is 0.127 e. The van der Waals surface area contributed by atoms with Gasteiger partial charge >= 0.3 is 0 Å². The highest BCUT2D eigenvalue weighted by atomic mass is 16.5. The van der Waals surface area contributed by atoms with E-state index >= 15 is 0 Å². The number of ether oxygens (including phenoxy) is 2. The fourth-order valence-electron chi connectivity index (χ4n) is 3.92. The van der Waals surface area contributed by atoms with Crippen molar-refractivity contribution >= 4 is 21.5 Å². The third-order valence-corrected chi connectivity index (χ3v) is 5.55. The Morgan fingerprint density at radius 3 is 1.30 bits per heavy atom. The van der Waals surface area contributed by atoms with Gasteiger partial charge < -0.3 is 9.47 Å². The lowest BCUT2D eigenvalue weighted by Gasteiger charge is -2.10. The van der Waals surface area contributed by atoms with Crippen LogP contribution in [0.1, 0.15) is 38.5 Å². The molecule has 4 rings (SSSR count). The third-order valence-electron chi connectivity index (χ3n) is 5.55. The number of benzene rings is 4. The van der Waals surface area contributed by atoms with Gasteiger partial charge in [0.1, 0.15) is 11.5 Å². The molecule has 0 aliphatic carbocycles. The normalized spacial score (nSPS) is 11.1. The summed E-state index contributed by atoms with van der Waals surface area (Å²) in [6.45, 7) is 1.58. The highest BCUT2D eigenvalue weighted by Crippen LogP contribution is 2.26. The van der Waals surface area contributed by atoms with Gasteiger partial charge in [0, 0.05) is 10.8 Å². The van der Waals surface area contributed by atoms with Gasteiger partial charge in [-0.3, -0.25) is 0 Å². The first kappa shape index (κ1) is 20.3. The molecule has 4 aromatic carbocycles. The van der Waals surface area contributed by atoms with Crippen molar-refractivity contribution in [2.24, 2.45) is 0 Å². The number of unbranched alkanes of at least 4 members (excludes halogenated alkanes) is 5. The van der Waals surface area contributed by atoms with Crippen molar-refractivity contribution in [3.63, 3.8) is 0 Å². The molecule has 0 N–H and O–H groups in total. The molecule has 0 bridgehead atoms. The summed E-state index contributed by atoms with van der Waals surface area (Å²) in [5.41, 5.74) is 0. The quantitative estimate of drug-likeness (QED) is 0.240. The Hall–Kier alpha value is -3.00. The van der Waals surface area contributed by atoms with E-state index in [9.17, 15) is 0 Å². The molecule has 0 radical (unpaired) electrons. The molecular formula is C28H30O2. The van der Waals surface area contributed by atoms with Crippen molar-refractivity contribution in [2.45, 2.75) is 38.5 Å². The van der Waals surface area contributed by atoms with Crippen LogP contribution in [-0.4, -0.2) is 13.2 Å². The number of rotatable bonds is 11. The van der Waals surface area contributed by atoms with Crippen LogP contribution in [0.5, 0.6) is 11.5 Å². The molecule has 0 aliphatic rings. The lowest BCUT2D eigenvalue weighted by atomic mass is 10.1. The molecule has 0 unspecified atom stereocenters. The lowest BCUT2D eigenvalue weighted by Crippen LogP contribution is -1.99. The van der Waals surface area contributed by atoms with Crippen LogP contribution in [-0.2, 0) is 0 Å². The molecule has 30 heavy (non-hydrogen) atoms. The minimum atomic E-state index is 0.790. The topological polar surface area (TPSA) is 18.5 Å². The second-order valence-corrected chi connectivity index (χ2v) is 7.77. The van der Waals surface area contributed by atoms with E-state index in [-0.39, 0.29) is 0 Å². The van der Waals surface area contributed by atoms with Crippen LogP contribution in [0.3, 0.4) is 0 Å². The van der Waals surface area contributed by atoms with Crippen LogP contribution in [0.2, 0.25) is 0 Å². The smallest absolute Gasteiger partial charge is 0.127 e. The monoisotopic (exact) mass is 398 g/mol. The maximum absolute atomic E-state index is 6.03. The van der Waals surface area contributed by atoms with Crippen molar-refractivity contribution in [1.29, 1.82) is 0 Å². The van der Waals surface area contributed by atoms with E-state index in [1.807, 2.05) is 0 Å². The van der Waals surface area contributed by atoms with Gasteiger partial charge in [0.2, 0.25) is 0 Å². The second-order valence-electron chi connectivity index (χ2n) is 7.77. The number of hydrogen-bond acceptors (Lipinski definition) is 2. The fourth-order valence-corrected chi connectivity index (χ4v) is 3.92. The lowest BCUT2D eigenvalue weighted by molar-refractivity contribution is 0.300. The van der Waals surface area contributed by atoms with Crippen molar-refractivity contribution in [2.75, 3.05) is 13.2 Å². The minimum absolute atomic E-state index is 0.790. The first-order valence-electron chi connectivity index (χ1n) is 11.1. The van der Waals surface area contributed by atoms with Crippen molar-refractivity contribution in [3.8, 4) is 11.5 Å². The van der Waals surface area contributed by atoms with E-state index in [1.54, 1.807) is 0 Å². The summed E-state index contributed by atoms with van der Waals surface area (Å²) in [6.07, 6.45) is 7.16. The second kappa shape index (κ2) is 10.7. The van der Waals surface area contributed by atoms with E-state index in [4.69, 9.17) is 9.47 Å². The molecule has 0 amide bonds. The summed E-state index contributed by atoms with van der Waals surface area (Å²) in [4.78, 5) is 0. The molecule has 0 saturated carbocycles. The van der Waals surface area contributed by atoms with Gasteiger partial charge in [-0.1, -0.05) is 98.5 Å². The summed E-state index contributed by atoms with van der Waals surface area (Å²) in [7, 11) is 0. The predicted octanol–water partition coefficient (Wildman–Crippen LogP) is 7.79. The molecule has 0 heterocycles. The first-order valence-corrected chi connectivity index (χ1v) is 11.1. The van der Waals surface area contributed by atoms with Crippen molar-refractivity contribution in [3.05, 3.63) is 84.9 Å². The van der Waals surface area contributed by atoms with Gasteiger partial charge in [0.25, 0.3) is 0 Å². The highest BCUT2D eigenvalue weighted by molar-refractivity contribution is 5.88. The molecule has 0 aromatic heterocycles. The van der Waals surface area contributed by atoms with Crippen LogP contribution in [0.4, 0.5) is 0 Å². The largest absolute Gasteiger partial charge is 0.493 e. The predicted molar refractivity (Wildman–Crippen MR) is 127 cm³/mol. The van der Waals surface area contributed by atoms with E-state index < -0.39 is 0 Å². The summed E-state index contributed by atoms with van der Waals surface area (Å²) < 4.78 is 12.1. The SMILES string of the molecule is c1ccc2c(OCCCCCCCCOc3cccc4ccccc34)cccc2c1. The molecule has 154 valence electrons. The Bertz CT molecular complexity index is 972. The van der Waals surface area contributed by atoms with Gasteiger partial charge in [0.05, 0.1) is 13.2 Å². The number of fused-ring (bicyclic) bond motifs is 2. The van der Waals surface area contributed by atoms with E-state index in [2.05, 4.69) is 84.9 Å². The molecule has 0 spiro atoms. The summed E-state index contributed by atoms with van der Waals surface area (Å²) >= 11 is 0. The summed E-state index contributed by atoms with van der Waals surface area (Å²) in [6, 6.07) is 29.3. The molecule has 0 atom stereocenters. The molecule has 4 aromatic rings. The van der Waals surface area contributed by atoms with Gasteiger partial charge in [-0.25, -0.2) is 0 Å². The van der Waals surface area contributed by atoms with Gasteiger partial charge in [-0.05, 0) is 35.7 Å². The maximum atomic E-state index is 6.03. The van der Waals surface area contributed by atoms with Crippen LogP contribution >= 0.6 is 0 Å². The third kappa shape index (κ3) is 5.33. The van der Waals surface area contributed by atoms with Crippen molar-refractivity contribution in [1.82, 2.24) is 0 Å². The Balaban J connectivity index is 1.08. The molecular weight excluding hydrogens is 368 g/mol. The van der Waals surface area contributed by atoms with E-state index in [1.165, 1.54) is 47.2 Å². The average Bonchev–Trinajstić information content (AvgIpc) is 2.80. The minimum Gasteiger partial charge on any atom is -0.493 e. The standard InChI is InChI=1S/C28H30O2/c1(3-9-21-29-27-19-11-15-23-13-5-7-17-25(23)27)2-4-10-22-30-28-20-12-16-24-14-6-8-18-26(24)28/h5-8,11-20H,1-4,9-10,21-22H2. The molecule has 0 saturated heterocycles. The highest BCUT2D eigenvalue weighted by Gasteiger charge is 2.02. The van der Waals surface area contributed by atoms with Crippen LogP contribution in [0, 0.1) is 0 Å². The van der Waals surface area contributed by atoms with Gasteiger partial charge in [-0.2, -0.15) is 0 Å². The molecule has 0 fully saturated rings. The van der Waals surface area contributed by atoms with Gasteiger partial charge in [0.15, 0.2) is 0 Å². The van der Waals surface area contributed by atoms with E-state index in [0.717, 1.165) is 37.6 Å². The van der Waals surface area contributed by atoms with Gasteiger partial charge in [-0.15, -0.1) is 0 Å². The Morgan fingerprint density at radius 2 is 0.800 bits per heavy atom. The Labute approximate surface area is 179 Å². The van der Waals surface area contributed by atoms with Crippen molar-refractivity contribution < 1.29 is 9.47 Å². The van der Waals surface area contributed by atoms with Crippen LogP contribution in [0.15, 0.2) is 84.9 Å². The zero-order valence-corrected chi connectivity index (χ0v) is 17.6. The Kier molecular flexibility index (Phi) is 7.22. The zero-order chi connectivity index (χ0) is 20.4. The summed E-state index contributed by atoms with van der Waals surface area (Å²) in [5.74, 6) is 2.00. The molecule has 2 nitrogen and oxygen atoms in total. The molecule has 0 aliphatic heterocycles. The van der Waals surface area contributed by atoms with E-state index in [0.29, 0.717) is 0 Å². The summed E-state index contributed by atoms with van der Waals surface area (Å²) in [5, 5.41) is 4.87. The Morgan fingerprint density at radius 1 is 0.400 bits per heavy atom. The number of hydrogen-bond donors (Lipinski definition) is 0. The molecule has 2 heteroatoms. The fraction of sp³-hybridized carbons (Fsp3) is 0.286. The zero-order valence-electron chi connectivity index (χ0n) is 17.6.